The third kappa shape index (κ3) is 6.99. The number of anilines is 1. The Balaban J connectivity index is 2.64. The molecule has 9 heteroatoms. The molecule has 6 nitrogen and oxygen atoms in total. The maximum absolute atomic E-state index is 12.2. The van der Waals surface area contributed by atoms with Gasteiger partial charge in [-0.25, -0.2) is 4.79 Å². The minimum atomic E-state index is -3.00. The Morgan fingerprint density at radius 1 is 1.25 bits per heavy atom. The van der Waals surface area contributed by atoms with Crippen molar-refractivity contribution in [3.8, 4) is 5.75 Å². The molecule has 0 aliphatic rings. The van der Waals surface area contributed by atoms with E-state index in [4.69, 9.17) is 16.3 Å². The molecule has 0 aliphatic carbocycles. The molecule has 1 rings (SSSR count). The molecule has 0 bridgehead atoms. The van der Waals surface area contributed by atoms with Crippen LogP contribution in [0.25, 0.3) is 0 Å². The Morgan fingerprint density at radius 3 is 2.38 bits per heavy atom. The van der Waals surface area contributed by atoms with Gasteiger partial charge in [-0.3, -0.25) is 4.79 Å². The number of rotatable bonds is 5. The highest BCUT2D eigenvalue weighted by Crippen LogP contribution is 2.28. The van der Waals surface area contributed by atoms with Gasteiger partial charge in [0.25, 0.3) is 0 Å². The number of alkyl halides is 2. The maximum Gasteiger partial charge on any atom is 0.408 e. The lowest BCUT2D eigenvalue weighted by Crippen LogP contribution is -2.43. The zero-order valence-electron chi connectivity index (χ0n) is 13.7. The summed E-state index contributed by atoms with van der Waals surface area (Å²) in [6, 6.07) is 2.94. The van der Waals surface area contributed by atoms with Gasteiger partial charge in [-0.05, 0) is 45.9 Å². The first-order chi connectivity index (χ1) is 11.0. The molecule has 1 aromatic rings. The summed E-state index contributed by atoms with van der Waals surface area (Å²) in [7, 11) is 0. The van der Waals surface area contributed by atoms with Crippen LogP contribution < -0.4 is 15.4 Å². The van der Waals surface area contributed by atoms with Crippen LogP contribution in [0.2, 0.25) is 5.02 Å². The van der Waals surface area contributed by atoms with Crippen LogP contribution in [-0.4, -0.2) is 30.3 Å². The monoisotopic (exact) mass is 364 g/mol. The smallest absolute Gasteiger partial charge is 0.408 e. The van der Waals surface area contributed by atoms with Crippen LogP contribution in [0.3, 0.4) is 0 Å². The van der Waals surface area contributed by atoms with Gasteiger partial charge in [-0.15, -0.1) is 0 Å². The Hall–Kier alpha value is -2.09. The van der Waals surface area contributed by atoms with Gasteiger partial charge in [0, 0.05) is 5.69 Å². The fraction of sp³-hybridized carbons (Fsp3) is 0.467. The molecule has 2 amide bonds. The van der Waals surface area contributed by atoms with Crippen LogP contribution in [0.15, 0.2) is 18.2 Å². The van der Waals surface area contributed by atoms with E-state index in [0.717, 1.165) is 0 Å². The second kappa shape index (κ2) is 8.14. The molecule has 0 saturated heterocycles. The van der Waals surface area contributed by atoms with Crippen molar-refractivity contribution in [2.45, 2.75) is 45.9 Å². The number of halogens is 3. The van der Waals surface area contributed by atoms with Crippen molar-refractivity contribution in [2.75, 3.05) is 5.32 Å². The number of carbonyl (C=O) groups is 2. The summed E-state index contributed by atoms with van der Waals surface area (Å²) in [6.07, 6.45) is -0.733. The van der Waals surface area contributed by atoms with Crippen LogP contribution in [0.4, 0.5) is 19.3 Å². The fourth-order valence-corrected chi connectivity index (χ4v) is 1.80. The zero-order chi connectivity index (χ0) is 18.5. The van der Waals surface area contributed by atoms with E-state index in [0.29, 0.717) is 0 Å². The minimum absolute atomic E-state index is 0.0825. The van der Waals surface area contributed by atoms with Crippen LogP contribution in [-0.2, 0) is 9.53 Å². The lowest BCUT2D eigenvalue weighted by atomic mass is 10.2. The molecule has 2 N–H and O–H groups in total. The lowest BCUT2D eigenvalue weighted by Gasteiger charge is -2.21. The molecule has 0 saturated carbocycles. The Morgan fingerprint density at radius 2 is 1.88 bits per heavy atom. The average molecular weight is 365 g/mol. The van der Waals surface area contributed by atoms with E-state index in [1.807, 2.05) is 0 Å². The molecule has 0 unspecified atom stereocenters. The number of ether oxygens (including phenoxy) is 2. The molecule has 0 heterocycles. The van der Waals surface area contributed by atoms with E-state index < -0.39 is 30.3 Å². The molecule has 0 aromatic heterocycles. The SMILES string of the molecule is C[C@@H](NC(=O)OC(C)(C)C)C(=O)Nc1ccc(OC(F)F)c(Cl)c1. The number of alkyl carbamates (subject to hydrolysis) is 1. The predicted octanol–water partition coefficient (Wildman–Crippen LogP) is 3.79. The molecule has 1 aromatic carbocycles. The molecule has 0 radical (unpaired) electrons. The molecule has 24 heavy (non-hydrogen) atoms. The molecule has 1 atom stereocenters. The summed E-state index contributed by atoms with van der Waals surface area (Å²) in [5.74, 6) is -0.732. The van der Waals surface area contributed by atoms with Gasteiger partial charge < -0.3 is 20.1 Å². The molecular weight excluding hydrogens is 346 g/mol. The summed E-state index contributed by atoms with van der Waals surface area (Å²) < 4.78 is 33.5. The maximum atomic E-state index is 12.2. The van der Waals surface area contributed by atoms with Gasteiger partial charge >= 0.3 is 12.7 Å². The van der Waals surface area contributed by atoms with Gasteiger partial charge in [-0.1, -0.05) is 11.6 Å². The number of carbonyl (C=O) groups excluding carboxylic acids is 2. The van der Waals surface area contributed by atoms with Crippen molar-refractivity contribution in [1.82, 2.24) is 5.32 Å². The van der Waals surface area contributed by atoms with E-state index in [1.165, 1.54) is 25.1 Å². The Bertz CT molecular complexity index is 606. The van der Waals surface area contributed by atoms with Crippen LogP contribution in [0.5, 0.6) is 5.75 Å². The lowest BCUT2D eigenvalue weighted by molar-refractivity contribution is -0.117. The highest BCUT2D eigenvalue weighted by atomic mass is 35.5. The summed E-state index contributed by atoms with van der Waals surface area (Å²) in [5, 5.41) is 4.79. The van der Waals surface area contributed by atoms with E-state index >= 15 is 0 Å². The molecule has 0 spiro atoms. The summed E-state index contributed by atoms with van der Waals surface area (Å²) in [6.45, 7) is 3.56. The summed E-state index contributed by atoms with van der Waals surface area (Å²) in [5.41, 5.74) is -0.418. The quantitative estimate of drug-likeness (QED) is 0.833. The predicted molar refractivity (Wildman–Crippen MR) is 85.5 cm³/mol. The number of hydrogen-bond acceptors (Lipinski definition) is 4. The number of hydrogen-bond donors (Lipinski definition) is 2. The number of benzene rings is 1. The summed E-state index contributed by atoms with van der Waals surface area (Å²) >= 11 is 5.79. The number of amides is 2. The number of nitrogens with one attached hydrogen (secondary N) is 2. The van der Waals surface area contributed by atoms with Crippen LogP contribution >= 0.6 is 11.6 Å². The summed E-state index contributed by atoms with van der Waals surface area (Å²) in [4.78, 5) is 23.6. The van der Waals surface area contributed by atoms with E-state index in [1.54, 1.807) is 20.8 Å². The first kappa shape index (κ1) is 20.0. The van der Waals surface area contributed by atoms with Crippen molar-refractivity contribution in [3.63, 3.8) is 0 Å². The highest BCUT2D eigenvalue weighted by Gasteiger charge is 2.21. The van der Waals surface area contributed by atoms with Crippen LogP contribution in [0, 0.1) is 0 Å². The Labute approximate surface area is 143 Å². The topological polar surface area (TPSA) is 76.7 Å². The van der Waals surface area contributed by atoms with Crippen molar-refractivity contribution < 1.29 is 27.8 Å². The largest absolute Gasteiger partial charge is 0.444 e. The second-order valence-electron chi connectivity index (χ2n) is 5.88. The first-order valence-electron chi connectivity index (χ1n) is 7.02. The van der Waals surface area contributed by atoms with Crippen molar-refractivity contribution >= 4 is 29.3 Å². The normalized spacial score (nSPS) is 12.5. The standard InChI is InChI=1S/C15H19ClF2N2O4/c1-8(19-14(22)24-15(2,3)4)12(21)20-9-5-6-11(10(16)7-9)23-13(17)18/h5-8,13H,1-4H3,(H,19,22)(H,20,21)/t8-/m1/s1. The van der Waals surface area contributed by atoms with Crippen molar-refractivity contribution in [1.29, 1.82) is 0 Å². The Kier molecular flexibility index (Phi) is 6.77. The average Bonchev–Trinajstić information content (AvgIpc) is 2.39. The molecular formula is C15H19ClF2N2O4. The van der Waals surface area contributed by atoms with E-state index in [2.05, 4.69) is 15.4 Å². The fourth-order valence-electron chi connectivity index (χ4n) is 1.57. The highest BCUT2D eigenvalue weighted by molar-refractivity contribution is 6.32. The minimum Gasteiger partial charge on any atom is -0.444 e. The van der Waals surface area contributed by atoms with Gasteiger partial charge in [0.15, 0.2) is 0 Å². The third-order valence-corrected chi connectivity index (χ3v) is 2.84. The second-order valence-corrected chi connectivity index (χ2v) is 6.29. The molecule has 134 valence electrons. The first-order valence-corrected chi connectivity index (χ1v) is 7.40. The van der Waals surface area contributed by atoms with Crippen molar-refractivity contribution in [3.05, 3.63) is 23.2 Å². The van der Waals surface area contributed by atoms with Crippen molar-refractivity contribution in [2.24, 2.45) is 0 Å². The zero-order valence-corrected chi connectivity index (χ0v) is 14.4. The van der Waals surface area contributed by atoms with E-state index in [9.17, 15) is 18.4 Å². The van der Waals surface area contributed by atoms with Gasteiger partial charge in [0.1, 0.15) is 17.4 Å². The third-order valence-electron chi connectivity index (χ3n) is 2.54. The van der Waals surface area contributed by atoms with Crippen LogP contribution in [0.1, 0.15) is 27.7 Å². The van der Waals surface area contributed by atoms with Gasteiger partial charge in [-0.2, -0.15) is 8.78 Å². The molecule has 0 aliphatic heterocycles. The van der Waals surface area contributed by atoms with E-state index in [-0.39, 0.29) is 16.5 Å². The van der Waals surface area contributed by atoms with Gasteiger partial charge in [0.2, 0.25) is 5.91 Å². The van der Waals surface area contributed by atoms with Gasteiger partial charge in [0.05, 0.1) is 5.02 Å². The molecule has 0 fully saturated rings.